The molecule has 4 heteroatoms. The van der Waals surface area contributed by atoms with Gasteiger partial charge >= 0.3 is 5.97 Å². The number of ether oxygens (including phenoxy) is 1. The summed E-state index contributed by atoms with van der Waals surface area (Å²) in [5.74, 6) is -0.766. The molecule has 0 bridgehead atoms. The number of hydrogen-bond acceptors (Lipinski definition) is 3. The molecule has 1 aliphatic rings. The highest BCUT2D eigenvalue weighted by molar-refractivity contribution is 5.66. The summed E-state index contributed by atoms with van der Waals surface area (Å²) in [5.41, 5.74) is 0. The van der Waals surface area contributed by atoms with Gasteiger partial charge in [0, 0.05) is 13.0 Å². The molecule has 4 nitrogen and oxygen atoms in total. The summed E-state index contributed by atoms with van der Waals surface area (Å²) in [6.07, 6.45) is 6.35. The smallest absolute Gasteiger partial charge is 0.303 e. The topological polar surface area (TPSA) is 66.8 Å². The Morgan fingerprint density at radius 1 is 1.53 bits per heavy atom. The van der Waals surface area contributed by atoms with Gasteiger partial charge in [0.2, 0.25) is 0 Å². The maximum atomic E-state index is 10.2. The number of hydrogen-bond donors (Lipinski definition) is 2. The Morgan fingerprint density at radius 2 is 2.33 bits per heavy atom. The van der Waals surface area contributed by atoms with Gasteiger partial charge in [-0.2, -0.15) is 0 Å². The van der Waals surface area contributed by atoms with Crippen molar-refractivity contribution in [3.63, 3.8) is 0 Å². The molecule has 0 aliphatic carbocycles. The lowest BCUT2D eigenvalue weighted by atomic mass is 10.0. The summed E-state index contributed by atoms with van der Waals surface area (Å²) in [6, 6.07) is 0. The van der Waals surface area contributed by atoms with Gasteiger partial charge < -0.3 is 14.9 Å². The van der Waals surface area contributed by atoms with Gasteiger partial charge in [-0.15, -0.1) is 0 Å². The lowest BCUT2D eigenvalue weighted by Gasteiger charge is -2.25. The van der Waals surface area contributed by atoms with E-state index in [4.69, 9.17) is 9.84 Å². The summed E-state index contributed by atoms with van der Waals surface area (Å²) in [7, 11) is 0. The second-order valence-corrected chi connectivity index (χ2v) is 3.76. The highest BCUT2D eigenvalue weighted by Gasteiger charge is 2.20. The number of aliphatic hydroxyl groups is 1. The number of unbranched alkanes of at least 4 members (excludes halogenated alkanes) is 1. The molecular formula is C11H18O4. The van der Waals surface area contributed by atoms with Crippen molar-refractivity contribution < 1.29 is 19.7 Å². The van der Waals surface area contributed by atoms with Crippen molar-refractivity contribution >= 4 is 5.97 Å². The lowest BCUT2D eigenvalue weighted by Crippen LogP contribution is -2.32. The number of rotatable bonds is 5. The molecule has 15 heavy (non-hydrogen) atoms. The van der Waals surface area contributed by atoms with Crippen molar-refractivity contribution in [2.24, 2.45) is 0 Å². The zero-order valence-corrected chi connectivity index (χ0v) is 8.76. The van der Waals surface area contributed by atoms with Crippen molar-refractivity contribution in [2.75, 3.05) is 6.61 Å². The van der Waals surface area contributed by atoms with Crippen LogP contribution in [0.1, 0.15) is 32.1 Å². The predicted molar refractivity (Wildman–Crippen MR) is 55.6 cm³/mol. The quantitative estimate of drug-likeness (QED) is 0.535. The predicted octanol–water partition coefficient (Wildman–Crippen LogP) is 1.34. The summed E-state index contributed by atoms with van der Waals surface area (Å²) < 4.78 is 5.36. The molecule has 2 N–H and O–H groups in total. The molecule has 0 aromatic carbocycles. The van der Waals surface area contributed by atoms with Crippen LogP contribution in [-0.2, 0) is 9.53 Å². The van der Waals surface area contributed by atoms with E-state index in [0.29, 0.717) is 13.0 Å². The Hall–Kier alpha value is -0.870. The van der Waals surface area contributed by atoms with Crippen molar-refractivity contribution in [2.45, 2.75) is 44.3 Å². The molecular weight excluding hydrogens is 196 g/mol. The first-order chi connectivity index (χ1) is 7.20. The van der Waals surface area contributed by atoms with E-state index in [9.17, 15) is 9.90 Å². The molecule has 1 fully saturated rings. The molecule has 1 saturated heterocycles. The summed E-state index contributed by atoms with van der Waals surface area (Å²) in [5, 5.41) is 18.0. The number of carboxylic acid groups (broad SMARTS) is 1. The second kappa shape index (κ2) is 6.58. The molecule has 86 valence electrons. The van der Waals surface area contributed by atoms with Gasteiger partial charge in [-0.25, -0.2) is 0 Å². The first kappa shape index (κ1) is 12.2. The molecule has 1 heterocycles. The number of carbonyl (C=O) groups is 1. The van der Waals surface area contributed by atoms with Crippen LogP contribution in [0.4, 0.5) is 0 Å². The van der Waals surface area contributed by atoms with E-state index in [0.717, 1.165) is 19.3 Å². The summed E-state index contributed by atoms with van der Waals surface area (Å²) in [6.45, 7) is 0.696. The Kier molecular flexibility index (Phi) is 5.36. The van der Waals surface area contributed by atoms with E-state index < -0.39 is 12.1 Å². The van der Waals surface area contributed by atoms with Crippen molar-refractivity contribution in [1.82, 2.24) is 0 Å². The van der Waals surface area contributed by atoms with Gasteiger partial charge in [0.25, 0.3) is 0 Å². The monoisotopic (exact) mass is 214 g/mol. The van der Waals surface area contributed by atoms with Crippen LogP contribution < -0.4 is 0 Å². The minimum atomic E-state index is -0.766. The van der Waals surface area contributed by atoms with Gasteiger partial charge in [0.1, 0.15) is 6.10 Å². The number of aliphatic carboxylic acids is 1. The fraction of sp³-hybridized carbons (Fsp3) is 0.727. The standard InChI is InChI=1S/C11H18O4/c12-9-5-4-8-15-10(9)6-2-1-3-7-11(13)14/h2,6,9-10,12H,1,3-5,7-8H2,(H,13,14)/b6-2-/t9-,10+/m0/s1. The van der Waals surface area contributed by atoms with Crippen molar-refractivity contribution in [1.29, 1.82) is 0 Å². The molecule has 0 unspecified atom stereocenters. The van der Waals surface area contributed by atoms with Crippen LogP contribution in [0.2, 0.25) is 0 Å². The van der Waals surface area contributed by atoms with E-state index >= 15 is 0 Å². The van der Waals surface area contributed by atoms with Crippen molar-refractivity contribution in [3.05, 3.63) is 12.2 Å². The van der Waals surface area contributed by atoms with Crippen molar-refractivity contribution in [3.8, 4) is 0 Å². The molecule has 1 rings (SSSR count). The highest BCUT2D eigenvalue weighted by Crippen LogP contribution is 2.15. The summed E-state index contributed by atoms with van der Waals surface area (Å²) >= 11 is 0. The normalized spacial score (nSPS) is 27.0. The third-order valence-electron chi connectivity index (χ3n) is 2.42. The van der Waals surface area contributed by atoms with Crippen LogP contribution in [-0.4, -0.2) is 35.0 Å². The molecule has 1 aliphatic heterocycles. The maximum Gasteiger partial charge on any atom is 0.303 e. The largest absolute Gasteiger partial charge is 0.481 e. The molecule has 0 aromatic heterocycles. The van der Waals surface area contributed by atoms with Crippen LogP contribution in [0.5, 0.6) is 0 Å². The fourth-order valence-corrected chi connectivity index (χ4v) is 1.57. The molecule has 0 saturated carbocycles. The van der Waals surface area contributed by atoms with Gasteiger partial charge in [0.05, 0.1) is 6.10 Å². The first-order valence-corrected chi connectivity index (χ1v) is 5.38. The van der Waals surface area contributed by atoms with E-state index in [-0.39, 0.29) is 12.5 Å². The zero-order valence-electron chi connectivity index (χ0n) is 8.76. The highest BCUT2D eigenvalue weighted by atomic mass is 16.5. The molecule has 0 aromatic rings. The number of carboxylic acids is 1. The lowest BCUT2D eigenvalue weighted by molar-refractivity contribution is -0.137. The molecule has 0 amide bonds. The fourth-order valence-electron chi connectivity index (χ4n) is 1.57. The van der Waals surface area contributed by atoms with Crippen LogP contribution in [0.3, 0.4) is 0 Å². The first-order valence-electron chi connectivity index (χ1n) is 5.38. The minimum absolute atomic E-state index is 0.193. The van der Waals surface area contributed by atoms with Crippen LogP contribution >= 0.6 is 0 Å². The average molecular weight is 214 g/mol. The molecule has 0 radical (unpaired) electrons. The average Bonchev–Trinajstić information content (AvgIpc) is 2.20. The number of allylic oxidation sites excluding steroid dienone is 1. The molecule has 2 atom stereocenters. The second-order valence-electron chi connectivity index (χ2n) is 3.76. The van der Waals surface area contributed by atoms with E-state index in [1.807, 2.05) is 12.2 Å². The molecule has 0 spiro atoms. The van der Waals surface area contributed by atoms with E-state index in [2.05, 4.69) is 0 Å². The Balaban J connectivity index is 2.15. The van der Waals surface area contributed by atoms with Crippen LogP contribution in [0.15, 0.2) is 12.2 Å². The SMILES string of the molecule is O=C(O)CCC/C=C\[C@H]1OCCC[C@@H]1O. The van der Waals surface area contributed by atoms with Crippen LogP contribution in [0.25, 0.3) is 0 Å². The maximum absolute atomic E-state index is 10.2. The minimum Gasteiger partial charge on any atom is -0.481 e. The Bertz CT molecular complexity index is 225. The van der Waals surface area contributed by atoms with Gasteiger partial charge in [-0.1, -0.05) is 12.2 Å². The van der Waals surface area contributed by atoms with Gasteiger partial charge in [0.15, 0.2) is 0 Å². The van der Waals surface area contributed by atoms with Crippen LogP contribution in [0, 0.1) is 0 Å². The summed E-state index contributed by atoms with van der Waals surface area (Å²) in [4.78, 5) is 10.2. The van der Waals surface area contributed by atoms with E-state index in [1.54, 1.807) is 0 Å². The third kappa shape index (κ3) is 4.95. The van der Waals surface area contributed by atoms with E-state index in [1.165, 1.54) is 0 Å². The Morgan fingerprint density at radius 3 is 3.00 bits per heavy atom. The van der Waals surface area contributed by atoms with Gasteiger partial charge in [-0.05, 0) is 25.7 Å². The third-order valence-corrected chi connectivity index (χ3v) is 2.42. The Labute approximate surface area is 89.6 Å². The zero-order chi connectivity index (χ0) is 11.1. The van der Waals surface area contributed by atoms with Gasteiger partial charge in [-0.3, -0.25) is 4.79 Å². The number of aliphatic hydroxyl groups excluding tert-OH is 1.